The van der Waals surface area contributed by atoms with Crippen LogP contribution in [0, 0.1) is 6.92 Å². The van der Waals surface area contributed by atoms with Crippen molar-refractivity contribution in [2.45, 2.75) is 62.4 Å². The monoisotopic (exact) mass is 544 g/mol. The Morgan fingerprint density at radius 3 is 2.59 bits per heavy atom. The van der Waals surface area contributed by atoms with Crippen LogP contribution in [0.3, 0.4) is 0 Å². The van der Waals surface area contributed by atoms with E-state index < -0.39 is 16.1 Å². The van der Waals surface area contributed by atoms with E-state index in [2.05, 4.69) is 9.62 Å². The highest BCUT2D eigenvalue weighted by molar-refractivity contribution is 7.89. The van der Waals surface area contributed by atoms with Crippen molar-refractivity contribution in [3.05, 3.63) is 41.3 Å². The molecule has 2 amide bonds. The van der Waals surface area contributed by atoms with E-state index in [1.807, 2.05) is 29.3 Å². The normalized spacial score (nSPS) is 23.2. The van der Waals surface area contributed by atoms with Gasteiger partial charge in [0, 0.05) is 30.6 Å². The lowest BCUT2D eigenvalue weighted by molar-refractivity contribution is -0.143. The quantitative estimate of drug-likeness (QED) is 0.552. The first-order chi connectivity index (χ1) is 17.8. The van der Waals surface area contributed by atoms with E-state index in [4.69, 9.17) is 0 Å². The molecule has 0 aliphatic carbocycles. The summed E-state index contributed by atoms with van der Waals surface area (Å²) >= 11 is 1.57. The molecular formula is C27H36N4O4S2. The molecule has 8 nitrogen and oxygen atoms in total. The molecule has 2 aromatic rings. The Bertz CT molecular complexity index is 1240. The molecule has 0 bridgehead atoms. The van der Waals surface area contributed by atoms with Crippen molar-refractivity contribution >= 4 is 33.2 Å². The minimum Gasteiger partial charge on any atom is -0.337 e. The van der Waals surface area contributed by atoms with E-state index in [0.717, 1.165) is 55.0 Å². The number of nitrogens with zero attached hydrogens (tertiary/aromatic N) is 3. The lowest BCUT2D eigenvalue weighted by Gasteiger charge is -2.34. The molecule has 37 heavy (non-hydrogen) atoms. The number of likely N-dealkylation sites (tertiary alicyclic amines) is 3. The van der Waals surface area contributed by atoms with Crippen LogP contribution >= 0.6 is 11.3 Å². The summed E-state index contributed by atoms with van der Waals surface area (Å²) < 4.78 is 29.1. The number of hydrogen-bond acceptors (Lipinski definition) is 6. The Labute approximate surface area is 223 Å². The van der Waals surface area contributed by atoms with E-state index in [-0.39, 0.29) is 29.3 Å². The van der Waals surface area contributed by atoms with Crippen LogP contribution in [0.25, 0.3) is 10.4 Å². The molecule has 5 rings (SSSR count). The third-order valence-electron chi connectivity index (χ3n) is 7.68. The van der Waals surface area contributed by atoms with Crippen LogP contribution in [-0.2, 0) is 19.6 Å². The summed E-state index contributed by atoms with van der Waals surface area (Å²) in [4.78, 5) is 33.5. The fraction of sp³-hybridized carbons (Fsp3) is 0.556. The van der Waals surface area contributed by atoms with Gasteiger partial charge in [-0.1, -0.05) is 12.1 Å². The number of benzene rings is 1. The van der Waals surface area contributed by atoms with Crippen LogP contribution in [-0.4, -0.2) is 86.3 Å². The minimum atomic E-state index is -3.90. The number of thiophene rings is 1. The SMILES string of the molecule is Cc1csc(-c2cccc(S(=O)(=O)N[C@H]3CCCN(CC(=O)N4CCC[C@H]4CN4CCCC4)C3=O)c2)c1. The van der Waals surface area contributed by atoms with Crippen molar-refractivity contribution in [2.24, 2.45) is 0 Å². The van der Waals surface area contributed by atoms with Gasteiger partial charge >= 0.3 is 0 Å². The molecule has 3 fully saturated rings. The Morgan fingerprint density at radius 1 is 1.05 bits per heavy atom. The van der Waals surface area contributed by atoms with Crippen LogP contribution < -0.4 is 4.72 Å². The van der Waals surface area contributed by atoms with Crippen LogP contribution in [0.1, 0.15) is 44.1 Å². The molecule has 200 valence electrons. The van der Waals surface area contributed by atoms with E-state index >= 15 is 0 Å². The number of hydrogen-bond donors (Lipinski definition) is 1. The number of aryl methyl sites for hydroxylation is 1. The third-order valence-corrected chi connectivity index (χ3v) is 10.2. The summed E-state index contributed by atoms with van der Waals surface area (Å²) in [5.74, 6) is -0.346. The molecule has 2 atom stereocenters. The standard InChI is InChI=1S/C27H36N4O4S2/c1-20-15-25(36-19-20)21-7-4-9-23(16-21)37(34,35)28-24-10-6-13-30(27(24)33)18-26(32)31-14-5-8-22(31)17-29-11-2-3-12-29/h4,7,9,15-16,19,22,24,28H,2-3,5-6,8,10-14,17-18H2,1H3/t22-,24-/m0/s1. The molecule has 1 aromatic carbocycles. The summed E-state index contributed by atoms with van der Waals surface area (Å²) in [6.07, 6.45) is 5.51. The number of amides is 2. The molecule has 10 heteroatoms. The zero-order chi connectivity index (χ0) is 26.0. The van der Waals surface area contributed by atoms with E-state index in [0.29, 0.717) is 19.4 Å². The maximum Gasteiger partial charge on any atom is 0.242 e. The van der Waals surface area contributed by atoms with Crippen molar-refractivity contribution in [1.82, 2.24) is 19.4 Å². The Balaban J connectivity index is 1.22. The number of carbonyl (C=O) groups is 2. The van der Waals surface area contributed by atoms with Crippen LogP contribution in [0.15, 0.2) is 40.6 Å². The number of sulfonamides is 1. The Hall–Kier alpha value is -2.27. The van der Waals surface area contributed by atoms with Gasteiger partial charge in [0.2, 0.25) is 21.8 Å². The summed E-state index contributed by atoms with van der Waals surface area (Å²) in [7, 11) is -3.90. The predicted octanol–water partition coefficient (Wildman–Crippen LogP) is 3.08. The molecule has 3 saturated heterocycles. The van der Waals surface area contributed by atoms with Gasteiger partial charge in [-0.2, -0.15) is 4.72 Å². The Morgan fingerprint density at radius 2 is 1.84 bits per heavy atom. The van der Waals surface area contributed by atoms with Gasteiger partial charge in [-0.25, -0.2) is 8.42 Å². The summed E-state index contributed by atoms with van der Waals surface area (Å²) in [6, 6.07) is 8.18. The fourth-order valence-electron chi connectivity index (χ4n) is 5.73. The van der Waals surface area contributed by atoms with E-state index in [1.165, 1.54) is 17.7 Å². The molecule has 1 N–H and O–H groups in total. The number of piperidine rings is 1. The average molecular weight is 545 g/mol. The highest BCUT2D eigenvalue weighted by Gasteiger charge is 2.36. The van der Waals surface area contributed by atoms with E-state index in [9.17, 15) is 18.0 Å². The molecule has 0 radical (unpaired) electrons. The third kappa shape index (κ3) is 6.08. The van der Waals surface area contributed by atoms with Crippen molar-refractivity contribution in [1.29, 1.82) is 0 Å². The lowest BCUT2D eigenvalue weighted by atomic mass is 10.1. The highest BCUT2D eigenvalue weighted by atomic mass is 32.2. The molecule has 0 spiro atoms. The molecule has 3 aliphatic heterocycles. The molecule has 1 aromatic heterocycles. The second-order valence-corrected chi connectivity index (χ2v) is 13.1. The van der Waals surface area contributed by atoms with Gasteiger partial charge < -0.3 is 14.7 Å². The van der Waals surface area contributed by atoms with Gasteiger partial charge in [0.15, 0.2) is 0 Å². The van der Waals surface area contributed by atoms with Gasteiger partial charge in [-0.05, 0) is 93.2 Å². The fourth-order valence-corrected chi connectivity index (χ4v) is 7.90. The van der Waals surface area contributed by atoms with Crippen molar-refractivity contribution in [3.8, 4) is 10.4 Å². The van der Waals surface area contributed by atoms with E-state index in [1.54, 1.807) is 29.5 Å². The van der Waals surface area contributed by atoms with Crippen LogP contribution in [0.5, 0.6) is 0 Å². The van der Waals surface area contributed by atoms with Crippen LogP contribution in [0.4, 0.5) is 0 Å². The van der Waals surface area contributed by atoms with Crippen molar-refractivity contribution in [3.63, 3.8) is 0 Å². The average Bonchev–Trinajstić information content (AvgIpc) is 3.65. The van der Waals surface area contributed by atoms with Crippen LogP contribution in [0.2, 0.25) is 0 Å². The van der Waals surface area contributed by atoms with Gasteiger partial charge in [0.05, 0.1) is 11.4 Å². The molecule has 3 aliphatic rings. The number of rotatable bonds is 8. The minimum absolute atomic E-state index is 0.0147. The highest BCUT2D eigenvalue weighted by Crippen LogP contribution is 2.29. The zero-order valence-electron chi connectivity index (χ0n) is 21.4. The molecule has 0 unspecified atom stereocenters. The maximum atomic E-state index is 13.3. The smallest absolute Gasteiger partial charge is 0.242 e. The number of nitrogens with one attached hydrogen (secondary N) is 1. The zero-order valence-corrected chi connectivity index (χ0v) is 23.0. The number of carbonyl (C=O) groups excluding carboxylic acids is 2. The molecular weight excluding hydrogens is 508 g/mol. The summed E-state index contributed by atoms with van der Waals surface area (Å²) in [5, 5.41) is 2.03. The lowest BCUT2D eigenvalue weighted by Crippen LogP contribution is -2.55. The summed E-state index contributed by atoms with van der Waals surface area (Å²) in [5.41, 5.74) is 1.96. The van der Waals surface area contributed by atoms with Gasteiger partial charge in [-0.15, -0.1) is 11.3 Å². The second kappa shape index (κ2) is 11.2. The largest absolute Gasteiger partial charge is 0.337 e. The van der Waals surface area contributed by atoms with Gasteiger partial charge in [0.1, 0.15) is 6.04 Å². The first-order valence-corrected chi connectivity index (χ1v) is 15.6. The predicted molar refractivity (Wildman–Crippen MR) is 145 cm³/mol. The van der Waals surface area contributed by atoms with Gasteiger partial charge in [0.25, 0.3) is 0 Å². The maximum absolute atomic E-state index is 13.3. The molecule has 4 heterocycles. The van der Waals surface area contributed by atoms with Crippen molar-refractivity contribution in [2.75, 3.05) is 39.3 Å². The topological polar surface area (TPSA) is 90.0 Å². The molecule has 0 saturated carbocycles. The first kappa shape index (κ1) is 26.3. The Kier molecular flexibility index (Phi) is 7.99. The second-order valence-electron chi connectivity index (χ2n) is 10.5. The van der Waals surface area contributed by atoms with Gasteiger partial charge in [-0.3, -0.25) is 9.59 Å². The summed E-state index contributed by atoms with van der Waals surface area (Å²) in [6.45, 7) is 6.33. The first-order valence-electron chi connectivity index (χ1n) is 13.3. The van der Waals surface area contributed by atoms with Crippen molar-refractivity contribution < 1.29 is 18.0 Å².